The van der Waals surface area contributed by atoms with E-state index >= 15 is 0 Å². The number of imidazole rings is 1. The minimum atomic E-state index is -0.396. The van der Waals surface area contributed by atoms with E-state index in [0.717, 1.165) is 59.1 Å². The molecule has 218 valence electrons. The summed E-state index contributed by atoms with van der Waals surface area (Å²) >= 11 is 0. The van der Waals surface area contributed by atoms with Gasteiger partial charge in [-0.2, -0.15) is 5.26 Å². The van der Waals surface area contributed by atoms with Gasteiger partial charge in [-0.25, -0.2) is 14.4 Å². The Labute approximate surface area is 248 Å². The highest BCUT2D eigenvalue weighted by Crippen LogP contribution is 2.44. The lowest BCUT2D eigenvalue weighted by molar-refractivity contribution is 0.199. The summed E-state index contributed by atoms with van der Waals surface area (Å²) in [7, 11) is 3.46. The van der Waals surface area contributed by atoms with E-state index < -0.39 is 5.82 Å². The van der Waals surface area contributed by atoms with Crippen molar-refractivity contribution < 1.29 is 9.13 Å². The summed E-state index contributed by atoms with van der Waals surface area (Å²) in [5.41, 5.74) is 5.83. The molecule has 0 amide bonds. The Morgan fingerprint density at radius 2 is 1.91 bits per heavy atom. The van der Waals surface area contributed by atoms with Crippen LogP contribution in [0.1, 0.15) is 60.2 Å². The van der Waals surface area contributed by atoms with Crippen molar-refractivity contribution in [2.75, 3.05) is 20.3 Å². The van der Waals surface area contributed by atoms with Crippen LogP contribution >= 0.6 is 0 Å². The number of aryl methyl sites for hydroxylation is 1. The predicted molar refractivity (Wildman–Crippen MR) is 162 cm³/mol. The van der Waals surface area contributed by atoms with Crippen molar-refractivity contribution in [3.8, 4) is 34.4 Å². The third-order valence-electron chi connectivity index (χ3n) is 8.30. The highest BCUT2D eigenvalue weighted by Gasteiger charge is 2.30. The first-order valence-corrected chi connectivity index (χ1v) is 14.7. The maximum atomic E-state index is 14.6. The van der Waals surface area contributed by atoms with Crippen molar-refractivity contribution in [3.63, 3.8) is 0 Å². The molecule has 2 aliphatic carbocycles. The molecular formula is C33H32FN7O2. The number of halogens is 1. The van der Waals surface area contributed by atoms with Crippen molar-refractivity contribution >= 4 is 10.9 Å². The number of methoxy groups -OCH3 is 1. The molecule has 10 heteroatoms. The Kier molecular flexibility index (Phi) is 6.92. The molecule has 1 aromatic carbocycles. The van der Waals surface area contributed by atoms with Crippen molar-refractivity contribution in [3.05, 3.63) is 87.6 Å². The van der Waals surface area contributed by atoms with Crippen LogP contribution in [0.3, 0.4) is 0 Å². The third kappa shape index (κ3) is 5.26. The van der Waals surface area contributed by atoms with Crippen molar-refractivity contribution in [1.29, 1.82) is 5.26 Å². The summed E-state index contributed by atoms with van der Waals surface area (Å²) in [6.45, 7) is 1.93. The molecule has 0 unspecified atom stereocenters. The van der Waals surface area contributed by atoms with Gasteiger partial charge in [0.25, 0.3) is 5.56 Å². The number of fused-ring (bicyclic) bond motifs is 1. The Morgan fingerprint density at radius 1 is 1.09 bits per heavy atom. The standard InChI is InChI=1S/C33H32FN7O2/c1-40-17-24(15-35)38-32(40)27-13-22(34)7-8-25(27)21-11-29(20-5-6-20)39-30(12-21)41-18-28(19-3-4-19)26-14-23(16-36-9-10-43-2)37-31(26)33(41)42/h7-8,11-14,17-20,36-37H,3-6,9-10,16H2,1-2H3. The molecule has 4 heterocycles. The average molecular weight is 578 g/mol. The first kappa shape index (κ1) is 27.3. The fourth-order valence-electron chi connectivity index (χ4n) is 5.80. The number of pyridine rings is 2. The van der Waals surface area contributed by atoms with Gasteiger partial charge in [-0.1, -0.05) is 6.07 Å². The Balaban J connectivity index is 1.38. The zero-order valence-electron chi connectivity index (χ0n) is 24.2. The van der Waals surface area contributed by atoms with Crippen LogP contribution in [0.5, 0.6) is 0 Å². The zero-order valence-corrected chi connectivity index (χ0v) is 24.2. The molecule has 0 bridgehead atoms. The molecule has 2 fully saturated rings. The van der Waals surface area contributed by atoms with Crippen molar-refractivity contribution in [2.24, 2.45) is 7.05 Å². The third-order valence-corrected chi connectivity index (χ3v) is 8.30. The maximum Gasteiger partial charge on any atom is 0.280 e. The molecule has 0 atom stereocenters. The van der Waals surface area contributed by atoms with E-state index in [2.05, 4.69) is 27.4 Å². The van der Waals surface area contributed by atoms with Crippen molar-refractivity contribution in [1.82, 2.24) is 29.4 Å². The van der Waals surface area contributed by atoms with Gasteiger partial charge in [0.2, 0.25) is 0 Å². The molecule has 0 saturated heterocycles. The van der Waals surface area contributed by atoms with Crippen molar-refractivity contribution in [2.45, 2.75) is 44.1 Å². The topological polar surface area (TPSA) is 114 Å². The zero-order chi connectivity index (χ0) is 29.7. The largest absolute Gasteiger partial charge is 0.383 e. The molecule has 0 radical (unpaired) electrons. The van der Waals surface area contributed by atoms with Crippen LogP contribution in [-0.4, -0.2) is 44.3 Å². The first-order valence-electron chi connectivity index (χ1n) is 14.7. The van der Waals surface area contributed by atoms with Gasteiger partial charge >= 0.3 is 0 Å². The van der Waals surface area contributed by atoms with Crippen LogP contribution in [0, 0.1) is 17.1 Å². The van der Waals surface area contributed by atoms with Gasteiger partial charge in [-0.05, 0) is 78.6 Å². The molecule has 0 aliphatic heterocycles. The lowest BCUT2D eigenvalue weighted by Gasteiger charge is -2.15. The van der Waals surface area contributed by atoms with E-state index in [0.29, 0.717) is 54.3 Å². The van der Waals surface area contributed by atoms with Gasteiger partial charge in [-0.15, -0.1) is 0 Å². The quantitative estimate of drug-likeness (QED) is 0.218. The second kappa shape index (κ2) is 10.9. The summed E-state index contributed by atoms with van der Waals surface area (Å²) in [4.78, 5) is 26.8. The SMILES string of the molecule is COCCNCc1cc2c(C3CC3)cn(-c3cc(-c4ccc(F)cc4-c4nc(C#N)cn4C)cc(C4CC4)n3)c(=O)c2[nH]1. The molecule has 0 spiro atoms. The minimum Gasteiger partial charge on any atom is -0.383 e. The second-order valence-electron chi connectivity index (χ2n) is 11.6. The summed E-state index contributed by atoms with van der Waals surface area (Å²) in [6, 6.07) is 12.7. The maximum absolute atomic E-state index is 14.6. The first-order chi connectivity index (χ1) is 20.9. The summed E-state index contributed by atoms with van der Waals surface area (Å²) < 4.78 is 23.1. The van der Waals surface area contributed by atoms with Gasteiger partial charge in [-0.3, -0.25) is 9.36 Å². The molecule has 2 aliphatic rings. The van der Waals surface area contributed by atoms with E-state index in [4.69, 9.17) is 9.72 Å². The van der Waals surface area contributed by atoms with Crippen LogP contribution < -0.4 is 10.9 Å². The molecule has 43 heavy (non-hydrogen) atoms. The van der Waals surface area contributed by atoms with Gasteiger partial charge in [0.1, 0.15) is 29.0 Å². The smallest absolute Gasteiger partial charge is 0.280 e. The number of nitrogens with zero attached hydrogens (tertiary/aromatic N) is 5. The Hall–Kier alpha value is -4.59. The predicted octanol–water partition coefficient (Wildman–Crippen LogP) is 5.28. The minimum absolute atomic E-state index is 0.156. The molecule has 2 N–H and O–H groups in total. The van der Waals surface area contributed by atoms with Gasteiger partial charge < -0.3 is 19.6 Å². The van der Waals surface area contributed by atoms with E-state index in [1.54, 1.807) is 35.6 Å². The van der Waals surface area contributed by atoms with Crippen LogP contribution in [0.2, 0.25) is 0 Å². The number of ether oxygens (including phenoxy) is 1. The molecule has 4 aromatic heterocycles. The number of H-pyrrole nitrogens is 1. The van der Waals surface area contributed by atoms with Gasteiger partial charge in [0.05, 0.1) is 6.61 Å². The number of nitriles is 1. The van der Waals surface area contributed by atoms with Gasteiger partial charge in [0, 0.05) is 67.9 Å². The summed E-state index contributed by atoms with van der Waals surface area (Å²) in [6.07, 6.45) is 7.85. The second-order valence-corrected chi connectivity index (χ2v) is 11.6. The van der Waals surface area contributed by atoms with Gasteiger partial charge in [0.15, 0.2) is 5.69 Å². The lowest BCUT2D eigenvalue weighted by Crippen LogP contribution is -2.21. The fourth-order valence-corrected chi connectivity index (χ4v) is 5.80. The number of nitrogens with one attached hydrogen (secondary N) is 2. The Bertz CT molecular complexity index is 1960. The average Bonchev–Trinajstić information content (AvgIpc) is 3.94. The number of aromatic nitrogens is 5. The molecule has 5 aromatic rings. The number of hydrogen-bond donors (Lipinski definition) is 2. The van der Waals surface area contributed by atoms with Crippen LogP contribution in [0.15, 0.2) is 53.6 Å². The molecule has 9 nitrogen and oxygen atoms in total. The van der Waals surface area contributed by atoms with E-state index in [1.807, 2.05) is 18.3 Å². The number of hydrogen-bond acceptors (Lipinski definition) is 6. The monoisotopic (exact) mass is 577 g/mol. The summed E-state index contributed by atoms with van der Waals surface area (Å²) in [5.74, 6) is 1.36. The van der Waals surface area contributed by atoms with E-state index in [9.17, 15) is 14.4 Å². The van der Waals surface area contributed by atoms with Crippen LogP contribution in [0.25, 0.3) is 39.2 Å². The number of rotatable bonds is 10. The number of benzene rings is 1. The fraction of sp³-hybridized carbons (Fsp3) is 0.333. The molecule has 7 rings (SSSR count). The van der Waals surface area contributed by atoms with Crippen LogP contribution in [0.4, 0.5) is 4.39 Å². The normalized spacial score (nSPS) is 14.8. The lowest BCUT2D eigenvalue weighted by atomic mass is 9.98. The Morgan fingerprint density at radius 3 is 2.63 bits per heavy atom. The molecule has 2 saturated carbocycles. The van der Waals surface area contributed by atoms with Crippen LogP contribution in [-0.2, 0) is 18.3 Å². The highest BCUT2D eigenvalue weighted by atomic mass is 19.1. The highest BCUT2D eigenvalue weighted by molar-refractivity contribution is 5.85. The van der Waals surface area contributed by atoms with E-state index in [1.165, 1.54) is 12.1 Å². The summed E-state index contributed by atoms with van der Waals surface area (Å²) in [5, 5.41) is 13.7. The van der Waals surface area contributed by atoms with E-state index in [-0.39, 0.29) is 11.3 Å². The number of aromatic amines is 1. The molecular weight excluding hydrogens is 545 g/mol.